The Bertz CT molecular complexity index is 380. The second kappa shape index (κ2) is 4.14. The zero-order valence-corrected chi connectivity index (χ0v) is 8.94. The van der Waals surface area contributed by atoms with Crippen LogP contribution in [0.4, 0.5) is 0 Å². The molecule has 1 unspecified atom stereocenters. The molecule has 16 heavy (non-hydrogen) atoms. The first-order chi connectivity index (χ1) is 7.65. The van der Waals surface area contributed by atoms with E-state index in [4.69, 9.17) is 0 Å². The van der Waals surface area contributed by atoms with E-state index < -0.39 is 11.5 Å². The number of hydrogen-bond acceptors (Lipinski definition) is 3. The summed E-state index contributed by atoms with van der Waals surface area (Å²) in [4.78, 5) is 11.4. The largest absolute Gasteiger partial charge is 0.508 e. The molecule has 1 aliphatic rings. The molecule has 0 amide bonds. The van der Waals surface area contributed by atoms with Crippen molar-refractivity contribution >= 4 is 5.97 Å². The van der Waals surface area contributed by atoms with Crippen molar-refractivity contribution in [3.8, 4) is 5.75 Å². The van der Waals surface area contributed by atoms with Crippen molar-refractivity contribution in [1.29, 1.82) is 0 Å². The minimum Gasteiger partial charge on any atom is -0.508 e. The van der Waals surface area contributed by atoms with Gasteiger partial charge in [-0.15, -0.1) is 0 Å². The summed E-state index contributed by atoms with van der Waals surface area (Å²) in [5, 5.41) is 21.7. The monoisotopic (exact) mass is 221 g/mol. The van der Waals surface area contributed by atoms with E-state index >= 15 is 0 Å². The second-order valence-corrected chi connectivity index (χ2v) is 4.14. The molecule has 86 valence electrons. The number of benzene rings is 1. The first kappa shape index (κ1) is 11.0. The maximum absolute atomic E-state index is 11.4. The summed E-state index contributed by atoms with van der Waals surface area (Å²) in [6.07, 6.45) is 2.50. The van der Waals surface area contributed by atoms with E-state index in [1.54, 1.807) is 12.1 Å². The van der Waals surface area contributed by atoms with Gasteiger partial charge in [-0.2, -0.15) is 0 Å². The summed E-state index contributed by atoms with van der Waals surface area (Å²) in [5.74, 6) is -0.696. The topological polar surface area (TPSA) is 69.6 Å². The number of carboxylic acids is 1. The quantitative estimate of drug-likeness (QED) is 0.707. The van der Waals surface area contributed by atoms with Gasteiger partial charge in [0.05, 0.1) is 0 Å². The molecule has 0 aliphatic carbocycles. The van der Waals surface area contributed by atoms with Crippen LogP contribution in [-0.2, 0) is 10.3 Å². The van der Waals surface area contributed by atoms with Gasteiger partial charge >= 0.3 is 5.97 Å². The van der Waals surface area contributed by atoms with E-state index in [0.29, 0.717) is 18.5 Å². The van der Waals surface area contributed by atoms with Gasteiger partial charge in [0.2, 0.25) is 0 Å². The Morgan fingerprint density at radius 2 is 1.94 bits per heavy atom. The highest BCUT2D eigenvalue weighted by Crippen LogP contribution is 2.31. The summed E-state index contributed by atoms with van der Waals surface area (Å²) in [7, 11) is 0. The summed E-state index contributed by atoms with van der Waals surface area (Å²) >= 11 is 0. The van der Waals surface area contributed by atoms with Crippen molar-refractivity contribution in [2.24, 2.45) is 0 Å². The predicted molar refractivity (Wildman–Crippen MR) is 59.3 cm³/mol. The molecular weight excluding hydrogens is 206 g/mol. The lowest BCUT2D eigenvalue weighted by molar-refractivity contribution is -0.146. The van der Waals surface area contributed by atoms with Crippen LogP contribution < -0.4 is 5.32 Å². The van der Waals surface area contributed by atoms with Gasteiger partial charge in [-0.25, -0.2) is 4.79 Å². The van der Waals surface area contributed by atoms with Gasteiger partial charge in [-0.05, 0) is 43.5 Å². The third-order valence-electron chi connectivity index (χ3n) is 3.13. The molecule has 0 aromatic heterocycles. The Balaban J connectivity index is 2.38. The van der Waals surface area contributed by atoms with Gasteiger partial charge in [-0.1, -0.05) is 12.1 Å². The molecule has 0 spiro atoms. The SMILES string of the molecule is O=C(O)C1(c2ccc(O)cc2)CCCCN1. The van der Waals surface area contributed by atoms with Crippen LogP contribution >= 0.6 is 0 Å². The number of rotatable bonds is 2. The van der Waals surface area contributed by atoms with Gasteiger partial charge in [0.1, 0.15) is 11.3 Å². The van der Waals surface area contributed by atoms with Crippen LogP contribution in [0.1, 0.15) is 24.8 Å². The van der Waals surface area contributed by atoms with Crippen molar-refractivity contribution < 1.29 is 15.0 Å². The number of phenols is 1. The number of aromatic hydroxyl groups is 1. The third kappa shape index (κ3) is 1.76. The third-order valence-corrected chi connectivity index (χ3v) is 3.13. The first-order valence-electron chi connectivity index (χ1n) is 5.43. The Morgan fingerprint density at radius 3 is 2.44 bits per heavy atom. The Kier molecular flexibility index (Phi) is 2.83. The second-order valence-electron chi connectivity index (χ2n) is 4.14. The molecule has 2 rings (SSSR count). The molecule has 1 aliphatic heterocycles. The number of piperidine rings is 1. The molecule has 0 radical (unpaired) electrons. The molecule has 1 saturated heterocycles. The van der Waals surface area contributed by atoms with Gasteiger partial charge in [-0.3, -0.25) is 5.32 Å². The fourth-order valence-electron chi connectivity index (χ4n) is 2.20. The maximum atomic E-state index is 11.4. The molecule has 1 atom stereocenters. The van der Waals surface area contributed by atoms with E-state index in [1.165, 1.54) is 12.1 Å². The molecule has 1 aromatic carbocycles. The molecule has 1 aromatic rings. The predicted octanol–water partition coefficient (Wildman–Crippen LogP) is 1.45. The lowest BCUT2D eigenvalue weighted by atomic mass is 9.82. The van der Waals surface area contributed by atoms with Gasteiger partial charge < -0.3 is 10.2 Å². The molecule has 1 fully saturated rings. The van der Waals surface area contributed by atoms with Crippen LogP contribution in [0.3, 0.4) is 0 Å². The summed E-state index contributed by atoms with van der Waals surface area (Å²) < 4.78 is 0. The summed E-state index contributed by atoms with van der Waals surface area (Å²) in [5.41, 5.74) is -0.274. The fraction of sp³-hybridized carbons (Fsp3) is 0.417. The van der Waals surface area contributed by atoms with Crippen molar-refractivity contribution in [2.75, 3.05) is 6.54 Å². The van der Waals surface area contributed by atoms with Crippen LogP contribution in [0.25, 0.3) is 0 Å². The number of phenolic OH excluding ortho intramolecular Hbond substituents is 1. The Hall–Kier alpha value is -1.55. The van der Waals surface area contributed by atoms with Crippen molar-refractivity contribution in [1.82, 2.24) is 5.32 Å². The van der Waals surface area contributed by atoms with E-state index in [2.05, 4.69) is 5.32 Å². The summed E-state index contributed by atoms with van der Waals surface area (Å²) in [6.45, 7) is 0.715. The minimum absolute atomic E-state index is 0.153. The van der Waals surface area contributed by atoms with Gasteiger partial charge in [0.15, 0.2) is 0 Å². The number of hydrogen-bond donors (Lipinski definition) is 3. The molecule has 0 bridgehead atoms. The van der Waals surface area contributed by atoms with Crippen molar-refractivity contribution in [3.63, 3.8) is 0 Å². The normalized spacial score (nSPS) is 25.2. The first-order valence-corrected chi connectivity index (χ1v) is 5.43. The highest BCUT2D eigenvalue weighted by molar-refractivity contribution is 5.81. The summed E-state index contributed by atoms with van der Waals surface area (Å²) in [6, 6.07) is 6.39. The molecule has 1 heterocycles. The Labute approximate surface area is 93.9 Å². The fourth-order valence-corrected chi connectivity index (χ4v) is 2.20. The minimum atomic E-state index is -0.980. The lowest BCUT2D eigenvalue weighted by Gasteiger charge is -2.34. The van der Waals surface area contributed by atoms with E-state index in [-0.39, 0.29) is 5.75 Å². The Morgan fingerprint density at radius 1 is 1.25 bits per heavy atom. The molecule has 3 N–H and O–H groups in total. The zero-order chi connectivity index (χ0) is 11.6. The van der Waals surface area contributed by atoms with E-state index in [1.807, 2.05) is 0 Å². The molecule has 0 saturated carbocycles. The van der Waals surface area contributed by atoms with Crippen LogP contribution in [0, 0.1) is 0 Å². The average Bonchev–Trinajstić information content (AvgIpc) is 2.30. The van der Waals surface area contributed by atoms with Crippen LogP contribution in [0.2, 0.25) is 0 Å². The maximum Gasteiger partial charge on any atom is 0.328 e. The van der Waals surface area contributed by atoms with Gasteiger partial charge in [0, 0.05) is 0 Å². The number of nitrogens with one attached hydrogen (secondary N) is 1. The van der Waals surface area contributed by atoms with Crippen LogP contribution in [0.5, 0.6) is 5.75 Å². The zero-order valence-electron chi connectivity index (χ0n) is 8.94. The van der Waals surface area contributed by atoms with E-state index in [9.17, 15) is 15.0 Å². The van der Waals surface area contributed by atoms with Gasteiger partial charge in [0.25, 0.3) is 0 Å². The highest BCUT2D eigenvalue weighted by atomic mass is 16.4. The number of carboxylic acid groups (broad SMARTS) is 1. The molecule has 4 heteroatoms. The smallest absolute Gasteiger partial charge is 0.328 e. The van der Waals surface area contributed by atoms with E-state index in [0.717, 1.165) is 12.8 Å². The molecule has 4 nitrogen and oxygen atoms in total. The molecular formula is C12H15NO3. The van der Waals surface area contributed by atoms with Crippen LogP contribution in [-0.4, -0.2) is 22.7 Å². The lowest BCUT2D eigenvalue weighted by Crippen LogP contribution is -2.51. The average molecular weight is 221 g/mol. The number of carbonyl (C=O) groups is 1. The van der Waals surface area contributed by atoms with Crippen LogP contribution in [0.15, 0.2) is 24.3 Å². The van der Waals surface area contributed by atoms with Crippen molar-refractivity contribution in [2.45, 2.75) is 24.8 Å². The van der Waals surface area contributed by atoms with Crippen molar-refractivity contribution in [3.05, 3.63) is 29.8 Å². The highest BCUT2D eigenvalue weighted by Gasteiger charge is 2.41. The number of aliphatic carboxylic acids is 1. The standard InChI is InChI=1S/C12H15NO3/c14-10-5-3-9(4-6-10)12(11(15)16)7-1-2-8-13-12/h3-6,13-14H,1-2,7-8H2,(H,15,16).